The fourth-order valence-corrected chi connectivity index (χ4v) is 0.741. The van der Waals surface area contributed by atoms with Crippen LogP contribution in [0.5, 0.6) is 0 Å². The summed E-state index contributed by atoms with van der Waals surface area (Å²) < 4.78 is 0. The van der Waals surface area contributed by atoms with Crippen LogP contribution in [0.25, 0.3) is 0 Å². The molecule has 2 heteroatoms. The van der Waals surface area contributed by atoms with Crippen molar-refractivity contribution in [1.82, 2.24) is 0 Å². The monoisotopic (exact) mass is 129 g/mol. The van der Waals surface area contributed by atoms with Gasteiger partial charge in [-0.3, -0.25) is 4.99 Å². The molecular weight excluding hydrogens is 122 g/mol. The highest BCUT2D eigenvalue weighted by atomic mass is 35.5. The molecule has 1 rings (SSSR count). The molecule has 0 fully saturated rings. The fourth-order valence-electron chi connectivity index (χ4n) is 0.595. The molecule has 0 aromatic carbocycles. The van der Waals surface area contributed by atoms with Crippen molar-refractivity contribution < 1.29 is 0 Å². The Kier molecular flexibility index (Phi) is 1.69. The quantitative estimate of drug-likeness (QED) is 0.474. The molecule has 0 spiro atoms. The highest BCUT2D eigenvalue weighted by Crippen LogP contribution is 2.09. The normalized spacial score (nSPS) is 27.8. The van der Waals surface area contributed by atoms with Crippen LogP contribution in [0.4, 0.5) is 0 Å². The van der Waals surface area contributed by atoms with E-state index in [1.807, 2.05) is 6.08 Å². The molecule has 0 amide bonds. The van der Waals surface area contributed by atoms with E-state index in [0.717, 1.165) is 11.5 Å². The van der Waals surface area contributed by atoms with E-state index >= 15 is 0 Å². The number of allylic oxidation sites excluding steroid dienone is 1. The van der Waals surface area contributed by atoms with Gasteiger partial charge in [-0.05, 0) is 13.3 Å². The summed E-state index contributed by atoms with van der Waals surface area (Å²) in [7, 11) is 0. The number of nitrogens with zero attached hydrogens (tertiary/aromatic N) is 1. The molecule has 1 atom stereocenters. The smallest absolute Gasteiger partial charge is 0.0545 e. The van der Waals surface area contributed by atoms with Crippen LogP contribution < -0.4 is 0 Å². The van der Waals surface area contributed by atoms with Crippen LogP contribution in [-0.4, -0.2) is 12.3 Å². The Morgan fingerprint density at radius 3 is 3.00 bits per heavy atom. The van der Waals surface area contributed by atoms with Crippen molar-refractivity contribution in [1.29, 1.82) is 0 Å². The van der Waals surface area contributed by atoms with Gasteiger partial charge >= 0.3 is 0 Å². The average Bonchev–Trinajstić information content (AvgIpc) is 1.77. The second-order valence-electron chi connectivity index (χ2n) is 1.95. The molecule has 1 aliphatic rings. The van der Waals surface area contributed by atoms with Gasteiger partial charge in [0.1, 0.15) is 0 Å². The molecule has 1 aliphatic heterocycles. The lowest BCUT2D eigenvalue weighted by atomic mass is 10.2. The first-order valence-corrected chi connectivity index (χ1v) is 3.05. The molecule has 0 N–H and O–H groups in total. The van der Waals surface area contributed by atoms with Crippen molar-refractivity contribution in [3.05, 3.63) is 11.1 Å². The zero-order valence-corrected chi connectivity index (χ0v) is 5.52. The van der Waals surface area contributed by atoms with E-state index in [-0.39, 0.29) is 0 Å². The number of rotatable bonds is 0. The maximum atomic E-state index is 5.59. The second-order valence-corrected chi connectivity index (χ2v) is 2.39. The van der Waals surface area contributed by atoms with E-state index in [1.54, 1.807) is 6.21 Å². The van der Waals surface area contributed by atoms with Crippen LogP contribution in [0.2, 0.25) is 0 Å². The van der Waals surface area contributed by atoms with Gasteiger partial charge in [0.25, 0.3) is 0 Å². The van der Waals surface area contributed by atoms with Crippen molar-refractivity contribution in [2.45, 2.75) is 19.4 Å². The summed E-state index contributed by atoms with van der Waals surface area (Å²) >= 11 is 5.59. The zero-order chi connectivity index (χ0) is 5.98. The molecule has 0 radical (unpaired) electrons. The van der Waals surface area contributed by atoms with E-state index in [4.69, 9.17) is 11.6 Å². The van der Waals surface area contributed by atoms with Gasteiger partial charge in [0.15, 0.2) is 0 Å². The van der Waals surface area contributed by atoms with Gasteiger partial charge in [0.2, 0.25) is 0 Å². The van der Waals surface area contributed by atoms with Crippen LogP contribution in [0.3, 0.4) is 0 Å². The van der Waals surface area contributed by atoms with Gasteiger partial charge in [0.05, 0.1) is 11.1 Å². The molecule has 0 aromatic rings. The van der Waals surface area contributed by atoms with Gasteiger partial charge in [0, 0.05) is 6.21 Å². The zero-order valence-electron chi connectivity index (χ0n) is 4.76. The molecule has 1 heterocycles. The predicted molar refractivity (Wildman–Crippen MR) is 36.5 cm³/mol. The van der Waals surface area contributed by atoms with Gasteiger partial charge in [-0.1, -0.05) is 17.7 Å². The third kappa shape index (κ3) is 1.34. The second kappa shape index (κ2) is 2.31. The third-order valence-corrected chi connectivity index (χ3v) is 1.36. The van der Waals surface area contributed by atoms with Crippen LogP contribution in [0, 0.1) is 0 Å². The first-order chi connectivity index (χ1) is 3.79. The Hall–Kier alpha value is -0.300. The highest BCUT2D eigenvalue weighted by Gasteiger charge is 2.00. The first-order valence-electron chi connectivity index (χ1n) is 2.68. The average molecular weight is 130 g/mol. The standard InChI is InChI=1S/C6H8ClN/c1-5-2-3-6(7)4-8-5/h3-5H,2H2,1H3. The number of halogens is 1. The lowest BCUT2D eigenvalue weighted by Gasteiger charge is -2.05. The minimum absolute atomic E-state index is 0.428. The summed E-state index contributed by atoms with van der Waals surface area (Å²) in [5, 5.41) is 0.767. The van der Waals surface area contributed by atoms with Gasteiger partial charge in [-0.15, -0.1) is 0 Å². The van der Waals surface area contributed by atoms with Crippen LogP contribution in [0.1, 0.15) is 13.3 Å². The van der Waals surface area contributed by atoms with Crippen molar-refractivity contribution in [2.24, 2.45) is 4.99 Å². The molecule has 0 saturated heterocycles. The van der Waals surface area contributed by atoms with Crippen molar-refractivity contribution in [2.75, 3.05) is 0 Å². The Morgan fingerprint density at radius 1 is 1.88 bits per heavy atom. The largest absolute Gasteiger partial charge is 0.288 e. The van der Waals surface area contributed by atoms with Gasteiger partial charge < -0.3 is 0 Å². The van der Waals surface area contributed by atoms with Crippen molar-refractivity contribution >= 4 is 17.8 Å². The van der Waals surface area contributed by atoms with E-state index in [9.17, 15) is 0 Å². The number of hydrogen-bond donors (Lipinski definition) is 0. The lowest BCUT2D eigenvalue weighted by molar-refractivity contribution is 0.755. The number of hydrogen-bond acceptors (Lipinski definition) is 1. The van der Waals surface area contributed by atoms with Crippen molar-refractivity contribution in [3.63, 3.8) is 0 Å². The summed E-state index contributed by atoms with van der Waals surface area (Å²) in [6.07, 6.45) is 4.67. The lowest BCUT2D eigenvalue weighted by Crippen LogP contribution is -2.00. The Bertz CT molecular complexity index is 137. The van der Waals surface area contributed by atoms with E-state index in [2.05, 4.69) is 11.9 Å². The fraction of sp³-hybridized carbons (Fsp3) is 0.500. The van der Waals surface area contributed by atoms with Crippen molar-refractivity contribution in [3.8, 4) is 0 Å². The van der Waals surface area contributed by atoms with Gasteiger partial charge in [-0.2, -0.15) is 0 Å². The number of aliphatic imine (C=N–C) groups is 1. The Balaban J connectivity index is 2.58. The van der Waals surface area contributed by atoms with Gasteiger partial charge in [-0.25, -0.2) is 0 Å². The molecule has 0 aliphatic carbocycles. The molecule has 0 saturated carbocycles. The third-order valence-electron chi connectivity index (χ3n) is 1.11. The van der Waals surface area contributed by atoms with E-state index in [0.29, 0.717) is 6.04 Å². The predicted octanol–water partition coefficient (Wildman–Crippen LogP) is 1.97. The van der Waals surface area contributed by atoms with Crippen LogP contribution in [0.15, 0.2) is 16.1 Å². The molecular formula is C6H8ClN. The minimum atomic E-state index is 0.428. The Morgan fingerprint density at radius 2 is 2.62 bits per heavy atom. The van der Waals surface area contributed by atoms with E-state index < -0.39 is 0 Å². The van der Waals surface area contributed by atoms with Crippen LogP contribution >= 0.6 is 11.6 Å². The minimum Gasteiger partial charge on any atom is -0.288 e. The Labute approximate surface area is 54.1 Å². The summed E-state index contributed by atoms with van der Waals surface area (Å²) in [4.78, 5) is 4.09. The molecule has 1 nitrogen and oxygen atoms in total. The van der Waals surface area contributed by atoms with E-state index in [1.165, 1.54) is 0 Å². The summed E-state index contributed by atoms with van der Waals surface area (Å²) in [6.45, 7) is 2.07. The molecule has 0 bridgehead atoms. The summed E-state index contributed by atoms with van der Waals surface area (Å²) in [5.41, 5.74) is 0. The summed E-state index contributed by atoms with van der Waals surface area (Å²) in [5.74, 6) is 0. The first kappa shape index (κ1) is 5.83. The molecule has 0 aromatic heterocycles. The number of dihydropyridines is 1. The molecule has 1 unspecified atom stereocenters. The molecule has 8 heavy (non-hydrogen) atoms. The van der Waals surface area contributed by atoms with Crippen LogP contribution in [-0.2, 0) is 0 Å². The topological polar surface area (TPSA) is 12.4 Å². The summed E-state index contributed by atoms with van der Waals surface area (Å²) in [6, 6.07) is 0.428. The highest BCUT2D eigenvalue weighted by molar-refractivity contribution is 6.39. The maximum absolute atomic E-state index is 5.59. The molecule has 44 valence electrons. The SMILES string of the molecule is CC1CC=C(Cl)C=N1. The maximum Gasteiger partial charge on any atom is 0.0545 e.